The van der Waals surface area contributed by atoms with Crippen LogP contribution in [0.1, 0.15) is 54.6 Å². The van der Waals surface area contributed by atoms with Crippen LogP contribution in [0.3, 0.4) is 0 Å². The molecule has 8 nitrogen and oxygen atoms in total. The molecule has 0 radical (unpaired) electrons. The topological polar surface area (TPSA) is 93.8 Å². The lowest BCUT2D eigenvalue weighted by Crippen LogP contribution is -2.39. The van der Waals surface area contributed by atoms with Crippen molar-refractivity contribution in [2.24, 2.45) is 11.8 Å². The second-order valence-electron chi connectivity index (χ2n) is 10.9. The first kappa shape index (κ1) is 25.6. The molecule has 3 heterocycles. The van der Waals surface area contributed by atoms with Gasteiger partial charge in [0.15, 0.2) is 0 Å². The van der Waals surface area contributed by atoms with Crippen molar-refractivity contribution >= 4 is 34.4 Å². The number of nitrogens with one attached hydrogen (secondary N) is 2. The summed E-state index contributed by atoms with van der Waals surface area (Å²) in [7, 11) is 0. The van der Waals surface area contributed by atoms with Crippen LogP contribution in [-0.4, -0.2) is 37.6 Å². The molecule has 6 rings (SSSR count). The smallest absolute Gasteiger partial charge is 0.333 e. The predicted octanol–water partition coefficient (Wildman–Crippen LogP) is 5.35. The Balaban J connectivity index is 1.14. The van der Waals surface area contributed by atoms with Gasteiger partial charge in [-0.2, -0.15) is 0 Å². The van der Waals surface area contributed by atoms with Crippen molar-refractivity contribution in [2.45, 2.75) is 58.0 Å². The van der Waals surface area contributed by atoms with Crippen LogP contribution in [0, 0.1) is 18.8 Å². The van der Waals surface area contributed by atoms with Gasteiger partial charge in [-0.1, -0.05) is 23.7 Å². The third-order valence-corrected chi connectivity index (χ3v) is 8.24. The van der Waals surface area contributed by atoms with Crippen molar-refractivity contribution in [1.82, 2.24) is 24.4 Å². The van der Waals surface area contributed by atoms with Gasteiger partial charge in [-0.25, -0.2) is 9.78 Å². The zero-order chi connectivity index (χ0) is 26.9. The van der Waals surface area contributed by atoms with Gasteiger partial charge < -0.3 is 10.6 Å². The van der Waals surface area contributed by atoms with Gasteiger partial charge in [0.05, 0.1) is 39.2 Å². The van der Waals surface area contributed by atoms with E-state index in [0.717, 1.165) is 60.7 Å². The number of aryl methyl sites for hydroxylation is 1. The number of pyridine rings is 2. The molecule has 0 saturated heterocycles. The largest absolute Gasteiger partial charge is 0.370 e. The SMILES string of the molecule is Cc1ncc(Cl)cc1C(=O)NC1CCC(Cn2c(=O)n(-c3ccc(NCC4CC4)nc3)c3ccccc32)CC1. The van der Waals surface area contributed by atoms with E-state index < -0.39 is 0 Å². The van der Waals surface area contributed by atoms with Gasteiger partial charge in [0.25, 0.3) is 5.91 Å². The van der Waals surface area contributed by atoms with E-state index in [-0.39, 0.29) is 17.6 Å². The second-order valence-corrected chi connectivity index (χ2v) is 11.4. The second kappa shape index (κ2) is 10.8. The lowest BCUT2D eigenvalue weighted by atomic mass is 9.85. The third kappa shape index (κ3) is 5.57. The van der Waals surface area contributed by atoms with Crippen LogP contribution in [0.5, 0.6) is 0 Å². The molecule has 0 aliphatic heterocycles. The number of amides is 1. The lowest BCUT2D eigenvalue weighted by molar-refractivity contribution is 0.0919. The molecule has 9 heteroatoms. The zero-order valence-corrected chi connectivity index (χ0v) is 22.8. The van der Waals surface area contributed by atoms with Gasteiger partial charge in [-0.15, -0.1) is 0 Å². The molecular weight excluding hydrogens is 512 g/mol. The van der Waals surface area contributed by atoms with E-state index in [4.69, 9.17) is 11.6 Å². The fraction of sp³-hybridized carbons (Fsp3) is 0.400. The summed E-state index contributed by atoms with van der Waals surface area (Å²) < 4.78 is 3.67. The maximum Gasteiger partial charge on any atom is 0.333 e. The normalized spacial score (nSPS) is 19.2. The minimum Gasteiger partial charge on any atom is -0.370 e. The maximum atomic E-state index is 13.7. The molecule has 2 aliphatic carbocycles. The van der Waals surface area contributed by atoms with Gasteiger partial charge >= 0.3 is 5.69 Å². The Kier molecular flexibility index (Phi) is 7.12. The number of halogens is 1. The van der Waals surface area contributed by atoms with Crippen LogP contribution < -0.4 is 16.3 Å². The van der Waals surface area contributed by atoms with Crippen molar-refractivity contribution in [3.63, 3.8) is 0 Å². The molecule has 2 N–H and O–H groups in total. The third-order valence-electron chi connectivity index (χ3n) is 8.03. The number of rotatable bonds is 8. The summed E-state index contributed by atoms with van der Waals surface area (Å²) in [6, 6.07) is 13.6. The molecule has 39 heavy (non-hydrogen) atoms. The summed E-state index contributed by atoms with van der Waals surface area (Å²) in [5.41, 5.74) is 3.72. The van der Waals surface area contributed by atoms with Crippen LogP contribution in [0.4, 0.5) is 5.82 Å². The number of carbonyl (C=O) groups excluding carboxylic acids is 1. The number of fused-ring (bicyclic) bond motifs is 1. The van der Waals surface area contributed by atoms with Crippen LogP contribution in [0.25, 0.3) is 16.7 Å². The molecule has 202 valence electrons. The van der Waals surface area contributed by atoms with Crippen LogP contribution in [0.15, 0.2) is 59.7 Å². The number of aromatic nitrogens is 4. The fourth-order valence-corrected chi connectivity index (χ4v) is 5.73. The molecule has 0 spiro atoms. The first-order valence-electron chi connectivity index (χ1n) is 13.8. The molecule has 3 aromatic heterocycles. The summed E-state index contributed by atoms with van der Waals surface area (Å²) in [5, 5.41) is 7.00. The van der Waals surface area contributed by atoms with Crippen LogP contribution in [0.2, 0.25) is 5.02 Å². The Morgan fingerprint density at radius 3 is 2.44 bits per heavy atom. The van der Waals surface area contributed by atoms with Gasteiger partial charge in [0, 0.05) is 25.3 Å². The van der Waals surface area contributed by atoms with E-state index in [0.29, 0.717) is 28.7 Å². The number of hydrogen-bond acceptors (Lipinski definition) is 5. The minimum atomic E-state index is -0.132. The van der Waals surface area contributed by atoms with E-state index in [1.165, 1.54) is 12.8 Å². The number of carbonyl (C=O) groups is 1. The van der Waals surface area contributed by atoms with E-state index >= 15 is 0 Å². The van der Waals surface area contributed by atoms with Crippen molar-refractivity contribution < 1.29 is 4.79 Å². The number of hydrogen-bond donors (Lipinski definition) is 2. The molecule has 1 aromatic carbocycles. The molecule has 1 amide bonds. The highest BCUT2D eigenvalue weighted by Crippen LogP contribution is 2.29. The molecule has 0 atom stereocenters. The van der Waals surface area contributed by atoms with Gasteiger partial charge in [0.2, 0.25) is 0 Å². The van der Waals surface area contributed by atoms with Gasteiger partial charge in [-0.3, -0.25) is 18.9 Å². The number of imidazole rings is 1. The van der Waals surface area contributed by atoms with E-state index in [9.17, 15) is 9.59 Å². The Morgan fingerprint density at radius 2 is 1.72 bits per heavy atom. The van der Waals surface area contributed by atoms with E-state index in [2.05, 4.69) is 20.6 Å². The molecular formula is C30H33ClN6O2. The number of nitrogens with zero attached hydrogens (tertiary/aromatic N) is 4. The highest BCUT2D eigenvalue weighted by atomic mass is 35.5. The van der Waals surface area contributed by atoms with Gasteiger partial charge in [-0.05, 0) is 87.6 Å². The highest BCUT2D eigenvalue weighted by molar-refractivity contribution is 6.30. The number of para-hydroxylation sites is 2. The molecule has 0 unspecified atom stereocenters. The molecule has 0 bridgehead atoms. The Bertz CT molecular complexity index is 1550. The van der Waals surface area contributed by atoms with Crippen molar-refractivity contribution in [1.29, 1.82) is 0 Å². The average Bonchev–Trinajstić information content (AvgIpc) is 3.74. The Morgan fingerprint density at radius 1 is 0.974 bits per heavy atom. The van der Waals surface area contributed by atoms with Crippen molar-refractivity contribution in [3.05, 3.63) is 81.6 Å². The molecule has 4 aromatic rings. The standard InChI is InChI=1S/C30H33ClN6O2/c1-19-25(14-22(31)16-32-19)29(38)35-23-10-8-21(9-11-23)18-36-26-4-2-3-5-27(26)37(30(36)39)24-12-13-28(34-17-24)33-15-20-6-7-20/h2-5,12-14,16-17,20-21,23H,6-11,15,18H2,1H3,(H,33,34)(H,35,38). The van der Waals surface area contributed by atoms with Crippen molar-refractivity contribution in [3.8, 4) is 5.69 Å². The van der Waals surface area contributed by atoms with E-state index in [1.54, 1.807) is 23.0 Å². The van der Waals surface area contributed by atoms with Crippen molar-refractivity contribution in [2.75, 3.05) is 11.9 Å². The van der Waals surface area contributed by atoms with E-state index in [1.807, 2.05) is 47.9 Å². The molecule has 2 saturated carbocycles. The van der Waals surface area contributed by atoms with Crippen LogP contribution in [-0.2, 0) is 6.54 Å². The summed E-state index contributed by atoms with van der Waals surface area (Å²) >= 11 is 6.05. The predicted molar refractivity (Wildman–Crippen MR) is 154 cm³/mol. The highest BCUT2D eigenvalue weighted by Gasteiger charge is 2.26. The minimum absolute atomic E-state index is 0.0453. The number of benzene rings is 1. The summed E-state index contributed by atoms with van der Waals surface area (Å²) in [5.74, 6) is 1.83. The van der Waals surface area contributed by atoms with Gasteiger partial charge in [0.1, 0.15) is 5.82 Å². The number of anilines is 1. The quantitative estimate of drug-likeness (QED) is 0.312. The lowest BCUT2D eigenvalue weighted by Gasteiger charge is -2.29. The molecule has 2 fully saturated rings. The zero-order valence-electron chi connectivity index (χ0n) is 22.1. The monoisotopic (exact) mass is 544 g/mol. The Labute approximate surface area is 232 Å². The maximum absolute atomic E-state index is 13.7. The average molecular weight is 545 g/mol. The summed E-state index contributed by atoms with van der Waals surface area (Å²) in [6.45, 7) is 3.42. The first-order valence-corrected chi connectivity index (χ1v) is 14.2. The fourth-order valence-electron chi connectivity index (χ4n) is 5.58. The Hall–Kier alpha value is -3.65. The molecule has 2 aliphatic rings. The summed E-state index contributed by atoms with van der Waals surface area (Å²) in [6.07, 6.45) is 9.52. The van der Waals surface area contributed by atoms with Crippen LogP contribution >= 0.6 is 11.6 Å². The first-order chi connectivity index (χ1) is 19.0. The summed E-state index contributed by atoms with van der Waals surface area (Å²) in [4.78, 5) is 35.3.